The molecule has 2 rings (SSSR count). The summed E-state index contributed by atoms with van der Waals surface area (Å²) in [4.78, 5) is 0. The van der Waals surface area contributed by atoms with Gasteiger partial charge < -0.3 is 4.74 Å². The summed E-state index contributed by atoms with van der Waals surface area (Å²) in [6.07, 6.45) is 5.99. The third kappa shape index (κ3) is 5.20. The van der Waals surface area contributed by atoms with E-state index in [1.165, 1.54) is 30.0 Å². The lowest BCUT2D eigenvalue weighted by Gasteiger charge is -2.34. The van der Waals surface area contributed by atoms with Gasteiger partial charge in [0, 0.05) is 19.6 Å². The largest absolute Gasteiger partial charge is 0.373 e. The molecule has 2 aliphatic rings. The van der Waals surface area contributed by atoms with Crippen molar-refractivity contribution in [3.05, 3.63) is 0 Å². The van der Waals surface area contributed by atoms with Gasteiger partial charge in [0.2, 0.25) is 0 Å². The second kappa shape index (κ2) is 7.40. The minimum Gasteiger partial charge on any atom is -0.373 e. The minimum absolute atomic E-state index is 0.0375. The number of nitrogens with zero attached hydrogens (tertiary/aromatic N) is 1. The Balaban J connectivity index is 1.78. The van der Waals surface area contributed by atoms with Crippen LogP contribution in [0.3, 0.4) is 0 Å². The van der Waals surface area contributed by atoms with E-state index in [9.17, 15) is 8.42 Å². The summed E-state index contributed by atoms with van der Waals surface area (Å²) in [6, 6.07) is 0. The van der Waals surface area contributed by atoms with Crippen molar-refractivity contribution in [1.82, 2.24) is 9.03 Å². The lowest BCUT2D eigenvalue weighted by Crippen LogP contribution is -2.52. The van der Waals surface area contributed by atoms with E-state index in [2.05, 4.69) is 11.6 Å². The summed E-state index contributed by atoms with van der Waals surface area (Å²) >= 11 is 0. The van der Waals surface area contributed by atoms with Crippen molar-refractivity contribution in [2.24, 2.45) is 11.8 Å². The fraction of sp³-hybridized carbons (Fsp3) is 1.00. The van der Waals surface area contributed by atoms with E-state index < -0.39 is 10.2 Å². The SMILES string of the molecule is CC1CCCC(CCNS(=O)(=O)N2CC(C)OC(C)C2)C1. The zero-order chi connectivity index (χ0) is 15.5. The smallest absolute Gasteiger partial charge is 0.279 e. The second-order valence-electron chi connectivity index (χ2n) is 6.90. The van der Waals surface area contributed by atoms with Crippen molar-refractivity contribution in [2.45, 2.75) is 65.1 Å². The van der Waals surface area contributed by atoms with Crippen molar-refractivity contribution >= 4 is 10.2 Å². The number of morpholine rings is 1. The van der Waals surface area contributed by atoms with Crippen LogP contribution in [0.25, 0.3) is 0 Å². The Kier molecular flexibility index (Phi) is 6.05. The highest BCUT2D eigenvalue weighted by atomic mass is 32.2. The zero-order valence-electron chi connectivity index (χ0n) is 13.5. The molecule has 5 nitrogen and oxygen atoms in total. The molecule has 124 valence electrons. The van der Waals surface area contributed by atoms with Crippen LogP contribution in [-0.4, -0.2) is 44.6 Å². The molecule has 0 spiro atoms. The molecule has 0 bridgehead atoms. The van der Waals surface area contributed by atoms with Crippen LogP contribution in [0.2, 0.25) is 0 Å². The molecule has 1 aliphatic carbocycles. The molecule has 1 aliphatic heterocycles. The Morgan fingerprint density at radius 1 is 1.14 bits per heavy atom. The van der Waals surface area contributed by atoms with Crippen LogP contribution >= 0.6 is 0 Å². The van der Waals surface area contributed by atoms with Gasteiger partial charge in [0.25, 0.3) is 10.2 Å². The molecular weight excluding hydrogens is 288 g/mol. The predicted octanol–water partition coefficient (Wildman–Crippen LogP) is 2.15. The maximum atomic E-state index is 12.3. The van der Waals surface area contributed by atoms with Crippen LogP contribution < -0.4 is 4.72 Å². The van der Waals surface area contributed by atoms with Gasteiger partial charge >= 0.3 is 0 Å². The molecule has 1 saturated carbocycles. The van der Waals surface area contributed by atoms with Gasteiger partial charge in [-0.15, -0.1) is 0 Å². The van der Waals surface area contributed by atoms with Crippen molar-refractivity contribution in [3.8, 4) is 0 Å². The maximum Gasteiger partial charge on any atom is 0.279 e. The average Bonchev–Trinajstić information content (AvgIpc) is 2.37. The van der Waals surface area contributed by atoms with Crippen LogP contribution in [-0.2, 0) is 14.9 Å². The van der Waals surface area contributed by atoms with Gasteiger partial charge in [-0.3, -0.25) is 0 Å². The quantitative estimate of drug-likeness (QED) is 0.845. The highest BCUT2D eigenvalue weighted by Crippen LogP contribution is 2.30. The first-order chi connectivity index (χ1) is 9.87. The molecule has 21 heavy (non-hydrogen) atoms. The van der Waals surface area contributed by atoms with Gasteiger partial charge in [-0.25, -0.2) is 4.72 Å². The van der Waals surface area contributed by atoms with E-state index >= 15 is 0 Å². The van der Waals surface area contributed by atoms with Crippen molar-refractivity contribution in [3.63, 3.8) is 0 Å². The normalized spacial score (nSPS) is 35.8. The number of ether oxygens (including phenoxy) is 1. The van der Waals surface area contributed by atoms with Crippen LogP contribution in [0.1, 0.15) is 52.9 Å². The Bertz CT molecular complexity index is 417. The standard InChI is InChI=1S/C15H30N2O3S/c1-12-5-4-6-15(9-12)7-8-16-21(18,19)17-10-13(2)20-14(3)11-17/h12-16H,4-11H2,1-3H3. The zero-order valence-corrected chi connectivity index (χ0v) is 14.4. The topological polar surface area (TPSA) is 58.6 Å². The van der Waals surface area contributed by atoms with Crippen molar-refractivity contribution < 1.29 is 13.2 Å². The van der Waals surface area contributed by atoms with Crippen molar-refractivity contribution in [2.75, 3.05) is 19.6 Å². The minimum atomic E-state index is -3.36. The average molecular weight is 318 g/mol. The predicted molar refractivity (Wildman–Crippen MR) is 84.2 cm³/mol. The van der Waals surface area contributed by atoms with Gasteiger partial charge in [-0.05, 0) is 38.5 Å². The van der Waals surface area contributed by atoms with Crippen LogP contribution in [0, 0.1) is 11.8 Å². The van der Waals surface area contributed by atoms with Crippen molar-refractivity contribution in [1.29, 1.82) is 0 Å². The van der Waals surface area contributed by atoms with E-state index in [0.717, 1.165) is 12.3 Å². The molecule has 0 aromatic rings. The Hall–Kier alpha value is -0.170. The number of hydrogen-bond acceptors (Lipinski definition) is 3. The Morgan fingerprint density at radius 3 is 2.43 bits per heavy atom. The number of rotatable bonds is 5. The van der Waals surface area contributed by atoms with Crippen LogP contribution in [0.4, 0.5) is 0 Å². The van der Waals surface area contributed by atoms with E-state index in [4.69, 9.17) is 4.74 Å². The maximum absolute atomic E-state index is 12.3. The molecule has 4 unspecified atom stereocenters. The molecule has 0 amide bonds. The lowest BCUT2D eigenvalue weighted by molar-refractivity contribution is -0.0443. The molecule has 2 fully saturated rings. The van der Waals surface area contributed by atoms with E-state index in [1.807, 2.05) is 13.8 Å². The first kappa shape index (κ1) is 17.2. The van der Waals surface area contributed by atoms with Gasteiger partial charge in [0.05, 0.1) is 12.2 Å². The molecule has 0 aromatic heterocycles. The van der Waals surface area contributed by atoms with Crippen LogP contribution in [0.5, 0.6) is 0 Å². The van der Waals surface area contributed by atoms with E-state index in [1.54, 1.807) is 0 Å². The first-order valence-corrected chi connectivity index (χ1v) is 9.71. The summed E-state index contributed by atoms with van der Waals surface area (Å²) in [5, 5.41) is 0. The molecular formula is C15H30N2O3S. The van der Waals surface area contributed by atoms with E-state index in [0.29, 0.717) is 25.6 Å². The molecule has 6 heteroatoms. The third-order valence-corrected chi connectivity index (χ3v) is 6.15. The monoisotopic (exact) mass is 318 g/mol. The molecule has 0 radical (unpaired) electrons. The fourth-order valence-electron chi connectivity index (χ4n) is 3.63. The number of hydrogen-bond donors (Lipinski definition) is 1. The molecule has 0 aromatic carbocycles. The van der Waals surface area contributed by atoms with Gasteiger partial charge in [-0.1, -0.05) is 26.2 Å². The highest BCUT2D eigenvalue weighted by molar-refractivity contribution is 7.87. The lowest BCUT2D eigenvalue weighted by atomic mass is 9.81. The van der Waals surface area contributed by atoms with Gasteiger partial charge in [0.1, 0.15) is 0 Å². The Labute approximate surface area is 129 Å². The molecule has 1 heterocycles. The van der Waals surface area contributed by atoms with E-state index in [-0.39, 0.29) is 12.2 Å². The fourth-order valence-corrected chi connectivity index (χ4v) is 5.00. The molecule has 1 N–H and O–H groups in total. The summed E-state index contributed by atoms with van der Waals surface area (Å²) in [6.45, 7) is 7.58. The van der Waals surface area contributed by atoms with Gasteiger partial charge in [0.15, 0.2) is 0 Å². The summed E-state index contributed by atoms with van der Waals surface area (Å²) < 4.78 is 34.6. The third-order valence-electron chi connectivity index (χ3n) is 4.61. The second-order valence-corrected chi connectivity index (χ2v) is 8.66. The summed E-state index contributed by atoms with van der Waals surface area (Å²) in [7, 11) is -3.36. The highest BCUT2D eigenvalue weighted by Gasteiger charge is 2.30. The number of nitrogens with one attached hydrogen (secondary N) is 1. The summed E-state index contributed by atoms with van der Waals surface area (Å²) in [5.41, 5.74) is 0. The Morgan fingerprint density at radius 2 is 1.81 bits per heavy atom. The molecule has 4 atom stereocenters. The van der Waals surface area contributed by atoms with Gasteiger partial charge in [-0.2, -0.15) is 12.7 Å². The molecule has 1 saturated heterocycles. The summed E-state index contributed by atoms with van der Waals surface area (Å²) in [5.74, 6) is 1.47. The van der Waals surface area contributed by atoms with Crippen LogP contribution in [0.15, 0.2) is 0 Å². The first-order valence-electron chi connectivity index (χ1n) is 8.27.